The molecule has 1 aromatic rings. The Labute approximate surface area is 93.6 Å². The van der Waals surface area contributed by atoms with Gasteiger partial charge in [0.2, 0.25) is 0 Å². The highest BCUT2D eigenvalue weighted by atomic mass is 32.1. The predicted molar refractivity (Wildman–Crippen MR) is 64.7 cm³/mol. The molecule has 0 saturated heterocycles. The van der Waals surface area contributed by atoms with Crippen LogP contribution in [0.2, 0.25) is 0 Å². The van der Waals surface area contributed by atoms with Crippen LogP contribution in [-0.4, -0.2) is 25.8 Å². The quantitative estimate of drug-likeness (QED) is 0.315. The van der Waals surface area contributed by atoms with Crippen molar-refractivity contribution >= 4 is 17.3 Å². The van der Waals surface area contributed by atoms with Crippen molar-refractivity contribution in [2.24, 2.45) is 16.5 Å². The summed E-state index contributed by atoms with van der Waals surface area (Å²) in [4.78, 5) is 3.75. The van der Waals surface area contributed by atoms with Crippen molar-refractivity contribution in [1.29, 1.82) is 0 Å². The second-order valence-electron chi connectivity index (χ2n) is 3.07. The zero-order chi connectivity index (χ0) is 11.1. The molecule has 0 aromatic carbocycles. The molecule has 0 fully saturated rings. The molecule has 0 aliphatic carbocycles. The van der Waals surface area contributed by atoms with Gasteiger partial charge in [0, 0.05) is 13.6 Å². The van der Waals surface area contributed by atoms with Crippen molar-refractivity contribution in [3.8, 4) is 0 Å². The topological polar surface area (TPSA) is 88.5 Å². The summed E-state index contributed by atoms with van der Waals surface area (Å²) in [6.45, 7) is 0.807. The molecule has 1 unspecified atom stereocenters. The maximum absolute atomic E-state index is 5.71. The average molecular weight is 227 g/mol. The third-order valence-electron chi connectivity index (χ3n) is 1.90. The monoisotopic (exact) mass is 227 g/mol. The Hall–Kier alpha value is -1.11. The van der Waals surface area contributed by atoms with E-state index in [0.717, 1.165) is 13.0 Å². The van der Waals surface area contributed by atoms with Gasteiger partial charge in [0.15, 0.2) is 5.96 Å². The number of nitrogens with zero attached hydrogens (tertiary/aromatic N) is 1. The predicted octanol–water partition coefficient (Wildman–Crippen LogP) is -0.343. The zero-order valence-corrected chi connectivity index (χ0v) is 9.55. The molecule has 0 aliphatic heterocycles. The number of hydrogen-bond acceptors (Lipinski definition) is 4. The van der Waals surface area contributed by atoms with Gasteiger partial charge in [-0.15, -0.1) is 0 Å². The number of nitrogens with two attached hydrogens (primary N) is 2. The van der Waals surface area contributed by atoms with E-state index >= 15 is 0 Å². The standard InChI is InChI=1S/C9H17N5S/c1-12-8(10)14-9(11)13-4-2-7-3-5-15-6-7/h3,5-6,9,13H,2,4,11H2,1H3,(H3,10,12,14). The minimum atomic E-state index is -0.354. The third kappa shape index (κ3) is 4.78. The summed E-state index contributed by atoms with van der Waals surface area (Å²) in [6, 6.07) is 2.10. The van der Waals surface area contributed by atoms with Crippen LogP contribution in [0.1, 0.15) is 5.56 Å². The van der Waals surface area contributed by atoms with E-state index < -0.39 is 0 Å². The number of nitrogens with one attached hydrogen (secondary N) is 2. The second kappa shape index (κ2) is 6.39. The molecule has 1 rings (SSSR count). The smallest absolute Gasteiger partial charge is 0.190 e. The highest BCUT2D eigenvalue weighted by Gasteiger charge is 2.01. The lowest BCUT2D eigenvalue weighted by atomic mass is 10.2. The Kier molecular flexibility index (Phi) is 5.09. The molecule has 5 nitrogen and oxygen atoms in total. The number of rotatable bonds is 5. The van der Waals surface area contributed by atoms with Gasteiger partial charge in [-0.3, -0.25) is 16.0 Å². The van der Waals surface area contributed by atoms with Crippen molar-refractivity contribution in [2.75, 3.05) is 13.6 Å². The molecule has 15 heavy (non-hydrogen) atoms. The fourth-order valence-electron chi connectivity index (χ4n) is 1.08. The number of aliphatic imine (C=N–C) groups is 1. The molecular weight excluding hydrogens is 210 g/mol. The maximum atomic E-state index is 5.71. The SMILES string of the molecule is CN=C(N)NC(N)NCCc1ccsc1. The molecule has 6 N–H and O–H groups in total. The van der Waals surface area contributed by atoms with Crippen LogP contribution in [0, 0.1) is 0 Å². The first-order valence-electron chi connectivity index (χ1n) is 4.71. The first kappa shape index (κ1) is 12.0. The van der Waals surface area contributed by atoms with Gasteiger partial charge < -0.3 is 11.1 Å². The molecule has 1 atom stereocenters. The van der Waals surface area contributed by atoms with Crippen molar-refractivity contribution in [1.82, 2.24) is 10.6 Å². The van der Waals surface area contributed by atoms with Gasteiger partial charge in [-0.2, -0.15) is 11.3 Å². The lowest BCUT2D eigenvalue weighted by molar-refractivity contribution is 0.502. The van der Waals surface area contributed by atoms with Crippen LogP contribution in [0.15, 0.2) is 21.8 Å². The molecule has 0 saturated carbocycles. The Morgan fingerprint density at radius 3 is 3.07 bits per heavy atom. The molecule has 84 valence electrons. The third-order valence-corrected chi connectivity index (χ3v) is 2.63. The fraction of sp³-hybridized carbons (Fsp3) is 0.444. The lowest BCUT2D eigenvalue weighted by Gasteiger charge is -2.15. The average Bonchev–Trinajstić information content (AvgIpc) is 2.70. The van der Waals surface area contributed by atoms with Gasteiger partial charge in [-0.05, 0) is 28.8 Å². The van der Waals surface area contributed by atoms with Crippen molar-refractivity contribution in [3.05, 3.63) is 22.4 Å². The largest absolute Gasteiger partial charge is 0.370 e. The van der Waals surface area contributed by atoms with E-state index in [1.54, 1.807) is 18.4 Å². The summed E-state index contributed by atoms with van der Waals surface area (Å²) < 4.78 is 0. The Morgan fingerprint density at radius 2 is 2.47 bits per heavy atom. The normalized spacial score (nSPS) is 13.9. The van der Waals surface area contributed by atoms with Gasteiger partial charge in [0.25, 0.3) is 0 Å². The van der Waals surface area contributed by atoms with Crippen LogP contribution in [0.5, 0.6) is 0 Å². The van der Waals surface area contributed by atoms with Gasteiger partial charge in [-0.1, -0.05) is 0 Å². The number of guanidine groups is 1. The Morgan fingerprint density at radius 1 is 1.67 bits per heavy atom. The minimum absolute atomic E-state index is 0.338. The van der Waals surface area contributed by atoms with Crippen LogP contribution in [0.25, 0.3) is 0 Å². The first-order valence-corrected chi connectivity index (χ1v) is 5.65. The molecule has 0 bridgehead atoms. The van der Waals surface area contributed by atoms with Crippen LogP contribution in [0.3, 0.4) is 0 Å². The summed E-state index contributed by atoms with van der Waals surface area (Å²) in [5.41, 5.74) is 12.5. The molecular formula is C9H17N5S. The van der Waals surface area contributed by atoms with Crippen LogP contribution in [-0.2, 0) is 6.42 Å². The lowest BCUT2D eigenvalue weighted by Crippen LogP contribution is -2.54. The summed E-state index contributed by atoms with van der Waals surface area (Å²) in [5, 5.41) is 10.1. The maximum Gasteiger partial charge on any atom is 0.190 e. The second-order valence-corrected chi connectivity index (χ2v) is 3.85. The molecule has 0 aliphatic rings. The highest BCUT2D eigenvalue weighted by molar-refractivity contribution is 7.07. The van der Waals surface area contributed by atoms with E-state index in [0.29, 0.717) is 5.96 Å². The van der Waals surface area contributed by atoms with Crippen LogP contribution in [0.4, 0.5) is 0 Å². The van der Waals surface area contributed by atoms with E-state index in [9.17, 15) is 0 Å². The van der Waals surface area contributed by atoms with E-state index in [2.05, 4.69) is 32.5 Å². The molecule has 6 heteroatoms. The van der Waals surface area contributed by atoms with Gasteiger partial charge in [0.1, 0.15) is 6.29 Å². The number of hydrogen-bond donors (Lipinski definition) is 4. The Balaban J connectivity index is 2.14. The van der Waals surface area contributed by atoms with Gasteiger partial charge in [0.05, 0.1) is 0 Å². The van der Waals surface area contributed by atoms with E-state index in [1.165, 1.54) is 5.56 Å². The van der Waals surface area contributed by atoms with Gasteiger partial charge >= 0.3 is 0 Å². The van der Waals surface area contributed by atoms with Crippen LogP contribution >= 0.6 is 11.3 Å². The summed E-state index contributed by atoms with van der Waals surface area (Å²) in [6.07, 6.45) is 0.606. The van der Waals surface area contributed by atoms with E-state index in [1.807, 2.05) is 0 Å². The number of thiophene rings is 1. The fourth-order valence-corrected chi connectivity index (χ4v) is 1.78. The first-order chi connectivity index (χ1) is 7.22. The zero-order valence-electron chi connectivity index (χ0n) is 8.73. The van der Waals surface area contributed by atoms with E-state index in [-0.39, 0.29) is 6.29 Å². The van der Waals surface area contributed by atoms with Crippen molar-refractivity contribution in [2.45, 2.75) is 12.7 Å². The summed E-state index contributed by atoms with van der Waals surface area (Å²) in [5.74, 6) is 0.338. The summed E-state index contributed by atoms with van der Waals surface area (Å²) in [7, 11) is 1.61. The highest BCUT2D eigenvalue weighted by Crippen LogP contribution is 2.05. The van der Waals surface area contributed by atoms with Crippen molar-refractivity contribution < 1.29 is 0 Å². The van der Waals surface area contributed by atoms with E-state index in [4.69, 9.17) is 11.5 Å². The molecule has 0 amide bonds. The minimum Gasteiger partial charge on any atom is -0.370 e. The summed E-state index contributed by atoms with van der Waals surface area (Å²) >= 11 is 1.70. The van der Waals surface area contributed by atoms with Crippen molar-refractivity contribution in [3.63, 3.8) is 0 Å². The molecule has 1 heterocycles. The molecule has 1 aromatic heterocycles. The molecule has 0 spiro atoms. The Bertz CT molecular complexity index is 295. The molecule has 0 radical (unpaired) electrons. The van der Waals surface area contributed by atoms with Crippen LogP contribution < -0.4 is 22.1 Å². The van der Waals surface area contributed by atoms with Gasteiger partial charge in [-0.25, -0.2) is 0 Å².